The summed E-state index contributed by atoms with van der Waals surface area (Å²) < 4.78 is 23.2. The van der Waals surface area contributed by atoms with E-state index in [1.54, 1.807) is 0 Å². The Bertz CT molecular complexity index is 660. The van der Waals surface area contributed by atoms with Crippen molar-refractivity contribution >= 4 is 43.5 Å². The molecule has 0 aromatic heterocycles. The van der Waals surface area contributed by atoms with Crippen LogP contribution in [0.1, 0.15) is 44.0 Å². The second-order valence-electron chi connectivity index (χ2n) is 5.40. The van der Waals surface area contributed by atoms with E-state index in [0.717, 1.165) is 12.8 Å². The van der Waals surface area contributed by atoms with Crippen LogP contribution in [0.5, 0.6) is 0 Å². The summed E-state index contributed by atoms with van der Waals surface area (Å²) >= 11 is 9.02. The van der Waals surface area contributed by atoms with E-state index in [9.17, 15) is 13.2 Å². The summed E-state index contributed by atoms with van der Waals surface area (Å²) in [6.45, 7) is 5.81. The third kappa shape index (κ3) is 4.95. The molecule has 0 aliphatic heterocycles. The highest BCUT2D eigenvalue weighted by Crippen LogP contribution is 2.30. The molecule has 0 bridgehead atoms. The summed E-state index contributed by atoms with van der Waals surface area (Å²) in [6, 6.07) is 2.61. The number of nitrogens with one attached hydrogen (secondary N) is 1. The lowest BCUT2D eigenvalue weighted by Gasteiger charge is -2.26. The highest BCUT2D eigenvalue weighted by molar-refractivity contribution is 9.10. The van der Waals surface area contributed by atoms with Crippen molar-refractivity contribution in [3.05, 3.63) is 27.2 Å². The fourth-order valence-corrected chi connectivity index (χ4v) is 3.80. The van der Waals surface area contributed by atoms with Crippen molar-refractivity contribution in [2.75, 3.05) is 0 Å². The zero-order valence-corrected chi connectivity index (χ0v) is 15.2. The van der Waals surface area contributed by atoms with Crippen LogP contribution in [-0.2, 0) is 10.0 Å². The molecule has 0 radical (unpaired) electrons. The first kappa shape index (κ1) is 18.4. The maximum atomic E-state index is 12.3. The van der Waals surface area contributed by atoms with Gasteiger partial charge in [0.15, 0.2) is 0 Å². The molecule has 1 aromatic carbocycles. The van der Waals surface area contributed by atoms with E-state index in [1.807, 2.05) is 20.8 Å². The lowest BCUT2D eigenvalue weighted by Crippen LogP contribution is -2.43. The maximum Gasteiger partial charge on any atom is 0.251 e. The largest absolute Gasteiger partial charge is 0.347 e. The van der Waals surface area contributed by atoms with Crippen LogP contribution >= 0.6 is 27.5 Å². The number of rotatable bonds is 5. The van der Waals surface area contributed by atoms with Crippen LogP contribution in [0.4, 0.5) is 0 Å². The normalized spacial score (nSPS) is 12.3. The summed E-state index contributed by atoms with van der Waals surface area (Å²) in [5.41, 5.74) is -0.246. The summed E-state index contributed by atoms with van der Waals surface area (Å²) in [7, 11) is -3.98. The molecule has 0 atom stereocenters. The van der Waals surface area contributed by atoms with Gasteiger partial charge in [-0.3, -0.25) is 4.79 Å². The number of amides is 1. The van der Waals surface area contributed by atoms with Crippen LogP contribution in [0.2, 0.25) is 5.02 Å². The number of hydrogen-bond acceptors (Lipinski definition) is 3. The molecule has 8 heteroatoms. The first-order valence-corrected chi connectivity index (χ1v) is 9.04. The van der Waals surface area contributed by atoms with Crippen molar-refractivity contribution in [2.45, 2.75) is 44.0 Å². The quantitative estimate of drug-likeness (QED) is 0.800. The molecule has 21 heavy (non-hydrogen) atoms. The van der Waals surface area contributed by atoms with E-state index < -0.39 is 21.5 Å². The number of carbonyl (C=O) groups is 1. The fourth-order valence-electron chi connectivity index (χ4n) is 1.97. The van der Waals surface area contributed by atoms with Gasteiger partial charge in [-0.2, -0.15) is 0 Å². The van der Waals surface area contributed by atoms with E-state index in [-0.39, 0.29) is 20.0 Å². The van der Waals surface area contributed by atoms with E-state index in [0.29, 0.717) is 0 Å². The molecule has 5 nitrogen and oxygen atoms in total. The molecule has 3 N–H and O–H groups in total. The molecule has 0 fully saturated rings. The molecule has 0 unspecified atom stereocenters. The van der Waals surface area contributed by atoms with Gasteiger partial charge in [0.2, 0.25) is 10.0 Å². The minimum absolute atomic E-state index is 0.111. The molecular formula is C13H18BrClN2O3S. The number of nitrogens with two attached hydrogens (primary N) is 1. The Hall–Kier alpha value is -0.630. The summed E-state index contributed by atoms with van der Waals surface area (Å²) in [5, 5.41) is 8.08. The predicted molar refractivity (Wildman–Crippen MR) is 87.0 cm³/mol. The van der Waals surface area contributed by atoms with Crippen LogP contribution in [0.25, 0.3) is 0 Å². The molecule has 118 valence electrons. The zero-order valence-electron chi connectivity index (χ0n) is 12.0. The molecular weight excluding hydrogens is 380 g/mol. The third-order valence-electron chi connectivity index (χ3n) is 2.89. The first-order chi connectivity index (χ1) is 9.48. The molecule has 1 aromatic rings. The van der Waals surface area contributed by atoms with E-state index in [4.69, 9.17) is 16.7 Å². The van der Waals surface area contributed by atoms with Gasteiger partial charge in [-0.15, -0.1) is 0 Å². The zero-order chi connectivity index (χ0) is 16.4. The first-order valence-electron chi connectivity index (χ1n) is 6.32. The van der Waals surface area contributed by atoms with Gasteiger partial charge in [-0.25, -0.2) is 13.6 Å². The van der Waals surface area contributed by atoms with Crippen molar-refractivity contribution in [3.8, 4) is 0 Å². The van der Waals surface area contributed by atoms with Crippen LogP contribution in [0, 0.1) is 0 Å². The molecule has 1 rings (SSSR count). The minimum atomic E-state index is -3.98. The van der Waals surface area contributed by atoms with E-state index in [2.05, 4.69) is 21.2 Å². The van der Waals surface area contributed by atoms with Gasteiger partial charge in [0.05, 0.1) is 14.4 Å². The van der Waals surface area contributed by atoms with Crippen molar-refractivity contribution in [3.63, 3.8) is 0 Å². The maximum absolute atomic E-state index is 12.3. The number of hydrogen-bond donors (Lipinski definition) is 2. The van der Waals surface area contributed by atoms with E-state index in [1.165, 1.54) is 12.1 Å². The molecule has 0 aliphatic carbocycles. The minimum Gasteiger partial charge on any atom is -0.347 e. The number of benzene rings is 1. The lowest BCUT2D eigenvalue weighted by atomic mass is 9.98. The van der Waals surface area contributed by atoms with Crippen molar-refractivity contribution in [1.29, 1.82) is 0 Å². The van der Waals surface area contributed by atoms with Crippen molar-refractivity contribution in [1.82, 2.24) is 5.32 Å². The molecule has 0 aliphatic rings. The average Bonchev–Trinajstić information content (AvgIpc) is 2.29. The van der Waals surface area contributed by atoms with Crippen LogP contribution < -0.4 is 10.5 Å². The van der Waals surface area contributed by atoms with Gasteiger partial charge in [0.1, 0.15) is 0 Å². The van der Waals surface area contributed by atoms with Crippen LogP contribution in [0.15, 0.2) is 21.5 Å². The van der Waals surface area contributed by atoms with Crippen molar-refractivity contribution in [2.24, 2.45) is 5.14 Å². The fraction of sp³-hybridized carbons (Fsp3) is 0.462. The third-order valence-corrected chi connectivity index (χ3v) is 5.47. The Balaban J connectivity index is 3.21. The topological polar surface area (TPSA) is 89.3 Å². The van der Waals surface area contributed by atoms with Gasteiger partial charge in [-0.1, -0.05) is 24.9 Å². The Morgan fingerprint density at radius 2 is 2.00 bits per heavy atom. The van der Waals surface area contributed by atoms with Gasteiger partial charge in [-0.05, 0) is 48.3 Å². The predicted octanol–water partition coefficient (Wildman–Crippen LogP) is 3.06. The molecule has 0 spiro atoms. The summed E-state index contributed by atoms with van der Waals surface area (Å²) in [6.07, 6.45) is 1.71. The molecule has 0 saturated carbocycles. The lowest BCUT2D eigenvalue weighted by molar-refractivity contribution is 0.0909. The van der Waals surface area contributed by atoms with Gasteiger partial charge in [0.25, 0.3) is 5.91 Å². The Labute approximate surface area is 138 Å². The molecule has 0 heterocycles. The summed E-state index contributed by atoms with van der Waals surface area (Å²) in [4.78, 5) is 12.0. The average molecular weight is 398 g/mol. The Kier molecular flexibility index (Phi) is 5.83. The second-order valence-corrected chi connectivity index (χ2v) is 8.13. The highest BCUT2D eigenvalue weighted by atomic mass is 79.9. The van der Waals surface area contributed by atoms with Crippen molar-refractivity contribution < 1.29 is 13.2 Å². The van der Waals surface area contributed by atoms with Gasteiger partial charge < -0.3 is 5.32 Å². The van der Waals surface area contributed by atoms with Crippen LogP contribution in [0.3, 0.4) is 0 Å². The number of carbonyl (C=O) groups excluding carboxylic acids is 1. The molecule has 1 amide bonds. The highest BCUT2D eigenvalue weighted by Gasteiger charge is 2.23. The second kappa shape index (κ2) is 6.64. The Morgan fingerprint density at radius 1 is 1.43 bits per heavy atom. The monoisotopic (exact) mass is 396 g/mol. The number of primary sulfonamides is 1. The number of halogens is 2. The SMILES string of the molecule is CCCC(C)(C)NC(=O)c1cc(Cl)c(Br)c(S(N)(=O)=O)c1. The Morgan fingerprint density at radius 3 is 2.48 bits per heavy atom. The smallest absolute Gasteiger partial charge is 0.251 e. The van der Waals surface area contributed by atoms with E-state index >= 15 is 0 Å². The molecule has 0 saturated heterocycles. The van der Waals surface area contributed by atoms with Gasteiger partial charge >= 0.3 is 0 Å². The summed E-state index contributed by atoms with van der Waals surface area (Å²) in [5.74, 6) is -0.396. The number of sulfonamides is 1. The van der Waals surface area contributed by atoms with Crippen LogP contribution in [-0.4, -0.2) is 19.9 Å². The standard InChI is InChI=1S/C13H18BrClN2O3S/c1-4-5-13(2,3)17-12(18)8-6-9(15)11(14)10(7-8)21(16,19)20/h6-7H,4-5H2,1-3H3,(H,17,18)(H2,16,19,20). The van der Waals surface area contributed by atoms with Gasteiger partial charge in [0, 0.05) is 11.1 Å².